The molecule has 1 aliphatic heterocycles. The largest absolute Gasteiger partial charge is 0.290 e. The van der Waals surface area contributed by atoms with E-state index in [9.17, 15) is 13.2 Å². The van der Waals surface area contributed by atoms with Crippen LogP contribution in [-0.4, -0.2) is 36.2 Å². The van der Waals surface area contributed by atoms with Gasteiger partial charge in [0, 0.05) is 11.6 Å². The third-order valence-corrected chi connectivity index (χ3v) is 6.01. The molecular weight excluding hydrogens is 332 g/mol. The highest BCUT2D eigenvalue weighted by molar-refractivity contribution is 8.16. The molecule has 0 saturated carbocycles. The van der Waals surface area contributed by atoms with E-state index in [1.807, 2.05) is 6.92 Å². The summed E-state index contributed by atoms with van der Waals surface area (Å²) in [5.74, 6) is -0.0879. The molecule has 1 fully saturated rings. The second kappa shape index (κ2) is 6.37. The van der Waals surface area contributed by atoms with Crippen molar-refractivity contribution in [2.75, 3.05) is 6.54 Å². The molecule has 1 aromatic rings. The van der Waals surface area contributed by atoms with Crippen LogP contribution in [0.2, 0.25) is 5.02 Å². The molecule has 1 aromatic carbocycles. The van der Waals surface area contributed by atoms with Gasteiger partial charge in [0.15, 0.2) is 5.17 Å². The van der Waals surface area contributed by atoms with Gasteiger partial charge < -0.3 is 0 Å². The first-order valence-corrected chi connectivity index (χ1v) is 9.17. The molecule has 0 N–H and O–H groups in total. The third kappa shape index (κ3) is 3.41. The molecule has 0 aliphatic carbocycles. The van der Waals surface area contributed by atoms with Crippen molar-refractivity contribution in [2.45, 2.75) is 30.4 Å². The Morgan fingerprint density at radius 3 is 2.43 bits per heavy atom. The normalized spacial score (nSPS) is 21.3. The molecule has 114 valence electrons. The monoisotopic (exact) mass is 346 g/mol. The average molecular weight is 347 g/mol. The van der Waals surface area contributed by atoms with Gasteiger partial charge in [-0.05, 0) is 37.6 Å². The van der Waals surface area contributed by atoms with Crippen molar-refractivity contribution in [3.63, 3.8) is 0 Å². The van der Waals surface area contributed by atoms with Gasteiger partial charge in [0.05, 0.1) is 10.1 Å². The summed E-state index contributed by atoms with van der Waals surface area (Å²) >= 11 is 6.94. The summed E-state index contributed by atoms with van der Waals surface area (Å²) in [5.41, 5.74) is 0. The number of hydrogen-bond donors (Lipinski definition) is 0. The number of halogens is 1. The minimum Gasteiger partial charge on any atom is -0.290 e. The summed E-state index contributed by atoms with van der Waals surface area (Å²) in [6.45, 7) is 4.08. The highest BCUT2D eigenvalue weighted by Crippen LogP contribution is 2.30. The fraction of sp³-hybridized carbons (Fsp3) is 0.385. The Labute approximate surface area is 133 Å². The molecular formula is C13H15ClN2O3S2. The first kappa shape index (κ1) is 16.3. The van der Waals surface area contributed by atoms with E-state index in [-0.39, 0.29) is 21.2 Å². The molecule has 1 amide bonds. The Morgan fingerprint density at radius 1 is 1.29 bits per heavy atom. The zero-order chi connectivity index (χ0) is 15.6. The Morgan fingerprint density at radius 2 is 1.90 bits per heavy atom. The Bertz CT molecular complexity index is 671. The van der Waals surface area contributed by atoms with Crippen molar-refractivity contribution in [3.05, 3.63) is 29.3 Å². The Balaban J connectivity index is 2.37. The highest BCUT2D eigenvalue weighted by Gasteiger charge is 2.37. The number of amides is 1. The van der Waals surface area contributed by atoms with Crippen LogP contribution in [-0.2, 0) is 14.8 Å². The molecule has 8 heteroatoms. The molecule has 1 unspecified atom stereocenters. The van der Waals surface area contributed by atoms with Crippen molar-refractivity contribution in [2.24, 2.45) is 4.40 Å². The fourth-order valence-electron chi connectivity index (χ4n) is 1.89. The van der Waals surface area contributed by atoms with E-state index >= 15 is 0 Å². The lowest BCUT2D eigenvalue weighted by atomic mass is 10.3. The van der Waals surface area contributed by atoms with Gasteiger partial charge in [-0.25, -0.2) is 0 Å². The van der Waals surface area contributed by atoms with Gasteiger partial charge in [-0.15, -0.1) is 4.40 Å². The van der Waals surface area contributed by atoms with Crippen LogP contribution in [0.25, 0.3) is 0 Å². The van der Waals surface area contributed by atoms with E-state index in [4.69, 9.17) is 11.6 Å². The lowest BCUT2D eigenvalue weighted by Gasteiger charge is -2.12. The SMILES string of the molecule is CCC1SC(=NS(=O)(=O)c2ccc(Cl)cc2)N(CC)C1=O. The van der Waals surface area contributed by atoms with E-state index in [1.165, 1.54) is 40.9 Å². The molecule has 2 rings (SSSR count). The first-order chi connectivity index (χ1) is 9.89. The van der Waals surface area contributed by atoms with Crippen molar-refractivity contribution >= 4 is 44.5 Å². The summed E-state index contributed by atoms with van der Waals surface area (Å²) < 4.78 is 28.4. The van der Waals surface area contributed by atoms with Gasteiger partial charge in [0.1, 0.15) is 0 Å². The zero-order valence-corrected chi connectivity index (χ0v) is 14.0. The number of benzene rings is 1. The lowest BCUT2D eigenvalue weighted by Crippen LogP contribution is -2.32. The number of carbonyl (C=O) groups excluding carboxylic acids is 1. The molecule has 21 heavy (non-hydrogen) atoms. The van der Waals surface area contributed by atoms with Gasteiger partial charge in [-0.1, -0.05) is 30.3 Å². The second-order valence-corrected chi connectivity index (χ2v) is 7.61. The number of sulfonamides is 1. The highest BCUT2D eigenvalue weighted by atomic mass is 35.5. The molecule has 1 atom stereocenters. The molecule has 1 saturated heterocycles. The topological polar surface area (TPSA) is 66.8 Å². The predicted molar refractivity (Wildman–Crippen MR) is 85.1 cm³/mol. The van der Waals surface area contributed by atoms with Gasteiger partial charge in [-0.3, -0.25) is 9.69 Å². The minimum atomic E-state index is -3.84. The maximum absolute atomic E-state index is 12.3. The summed E-state index contributed by atoms with van der Waals surface area (Å²) in [6, 6.07) is 5.79. The number of hydrogen-bond acceptors (Lipinski definition) is 4. The van der Waals surface area contributed by atoms with Crippen LogP contribution in [0.15, 0.2) is 33.6 Å². The zero-order valence-electron chi connectivity index (χ0n) is 11.6. The van der Waals surface area contributed by atoms with E-state index < -0.39 is 10.0 Å². The van der Waals surface area contributed by atoms with Crippen LogP contribution < -0.4 is 0 Å². The standard InChI is InChI=1S/C13H15ClN2O3S2/c1-3-11-12(17)16(4-2)13(20-11)15-21(18,19)10-7-5-9(14)6-8-10/h5-8,11H,3-4H2,1-2H3. The van der Waals surface area contributed by atoms with E-state index in [1.54, 1.807) is 6.92 Å². The third-order valence-electron chi connectivity index (χ3n) is 3.02. The number of thioether (sulfide) groups is 1. The van der Waals surface area contributed by atoms with E-state index in [2.05, 4.69) is 4.40 Å². The van der Waals surface area contributed by atoms with Crippen LogP contribution in [0, 0.1) is 0 Å². The molecule has 1 aliphatic rings. The second-order valence-electron chi connectivity index (χ2n) is 4.40. The summed E-state index contributed by atoms with van der Waals surface area (Å²) in [5, 5.41) is 0.432. The van der Waals surface area contributed by atoms with Gasteiger partial charge in [0.25, 0.3) is 10.0 Å². The maximum atomic E-state index is 12.3. The molecule has 5 nitrogen and oxygen atoms in total. The summed E-state index contributed by atoms with van der Waals surface area (Å²) in [4.78, 5) is 13.5. The molecule has 0 spiro atoms. The van der Waals surface area contributed by atoms with Crippen molar-refractivity contribution < 1.29 is 13.2 Å². The predicted octanol–water partition coefficient (Wildman–Crippen LogP) is 2.76. The van der Waals surface area contributed by atoms with E-state index in [0.717, 1.165) is 0 Å². The van der Waals surface area contributed by atoms with Gasteiger partial charge in [0.2, 0.25) is 5.91 Å². The Hall–Kier alpha value is -1.05. The smallest absolute Gasteiger partial charge is 0.284 e. The van der Waals surface area contributed by atoms with Crippen LogP contribution in [0.5, 0.6) is 0 Å². The number of amidine groups is 1. The van der Waals surface area contributed by atoms with Gasteiger partial charge in [-0.2, -0.15) is 8.42 Å². The van der Waals surface area contributed by atoms with Crippen LogP contribution >= 0.6 is 23.4 Å². The number of carbonyl (C=O) groups is 1. The molecule has 0 radical (unpaired) electrons. The Kier molecular flexibility index (Phi) is 4.95. The van der Waals surface area contributed by atoms with Crippen molar-refractivity contribution in [1.82, 2.24) is 4.90 Å². The van der Waals surface area contributed by atoms with Crippen LogP contribution in [0.3, 0.4) is 0 Å². The summed E-state index contributed by atoms with van der Waals surface area (Å²) in [7, 11) is -3.84. The lowest BCUT2D eigenvalue weighted by molar-refractivity contribution is -0.126. The average Bonchev–Trinajstić information content (AvgIpc) is 2.74. The van der Waals surface area contributed by atoms with E-state index in [0.29, 0.717) is 18.0 Å². The molecule has 1 heterocycles. The molecule has 0 bridgehead atoms. The fourth-order valence-corrected chi connectivity index (χ4v) is 4.37. The number of nitrogens with zero attached hydrogens (tertiary/aromatic N) is 2. The van der Waals surface area contributed by atoms with Gasteiger partial charge >= 0.3 is 0 Å². The first-order valence-electron chi connectivity index (χ1n) is 6.47. The number of rotatable bonds is 4. The maximum Gasteiger partial charge on any atom is 0.284 e. The van der Waals surface area contributed by atoms with Crippen LogP contribution in [0.4, 0.5) is 0 Å². The minimum absolute atomic E-state index is 0.0588. The van der Waals surface area contributed by atoms with Crippen molar-refractivity contribution in [1.29, 1.82) is 0 Å². The molecule has 0 aromatic heterocycles. The van der Waals surface area contributed by atoms with Crippen molar-refractivity contribution in [3.8, 4) is 0 Å². The summed E-state index contributed by atoms with van der Waals surface area (Å²) in [6.07, 6.45) is 0.639. The van der Waals surface area contributed by atoms with Crippen LogP contribution in [0.1, 0.15) is 20.3 Å². The quantitative estimate of drug-likeness (QED) is 0.840.